The molecule has 0 spiro atoms. The zero-order chi connectivity index (χ0) is 17.4. The highest BCUT2D eigenvalue weighted by Gasteiger charge is 2.29. The monoisotopic (exact) mass is 318 g/mol. The van der Waals surface area contributed by atoms with Gasteiger partial charge < -0.3 is 9.47 Å². The summed E-state index contributed by atoms with van der Waals surface area (Å²) in [5.41, 5.74) is 1.21. The second-order valence-electron chi connectivity index (χ2n) is 5.71. The van der Waals surface area contributed by atoms with E-state index in [1.54, 1.807) is 24.6 Å². The van der Waals surface area contributed by atoms with E-state index in [0.717, 1.165) is 11.1 Å². The molecule has 0 atom stereocenters. The van der Waals surface area contributed by atoms with Crippen LogP contribution in [0.3, 0.4) is 0 Å². The lowest BCUT2D eigenvalue weighted by Gasteiger charge is -2.28. The highest BCUT2D eigenvalue weighted by Crippen LogP contribution is 2.40. The first-order chi connectivity index (χ1) is 11.6. The number of nitriles is 2. The Morgan fingerprint density at radius 2 is 1.17 bits per heavy atom. The molecular formula is C20H18N2O2. The lowest BCUT2D eigenvalue weighted by Crippen LogP contribution is -2.20. The molecule has 0 unspecified atom stereocenters. The molecule has 0 bridgehead atoms. The largest absolute Gasteiger partial charge is 0.388 e. The first-order valence-corrected chi connectivity index (χ1v) is 7.57. The number of rotatable bonds is 4. The van der Waals surface area contributed by atoms with Crippen LogP contribution in [0.25, 0.3) is 0 Å². The molecule has 24 heavy (non-hydrogen) atoms. The Bertz CT molecular complexity index is 745. The van der Waals surface area contributed by atoms with Crippen LogP contribution in [0.4, 0.5) is 0 Å². The molecule has 1 aliphatic rings. The molecule has 1 aliphatic carbocycles. The number of hydrogen-bond acceptors (Lipinski definition) is 4. The molecule has 0 heterocycles. The summed E-state index contributed by atoms with van der Waals surface area (Å²) >= 11 is 0. The van der Waals surface area contributed by atoms with Gasteiger partial charge in [0.25, 0.3) is 12.5 Å². The highest BCUT2D eigenvalue weighted by molar-refractivity contribution is 5.51. The summed E-state index contributed by atoms with van der Waals surface area (Å²) < 4.78 is 10.1. The van der Waals surface area contributed by atoms with Crippen molar-refractivity contribution >= 4 is 0 Å². The lowest BCUT2D eigenvalue weighted by molar-refractivity contribution is 0.464. The summed E-state index contributed by atoms with van der Waals surface area (Å²) in [6.07, 6.45) is 8.91. The Morgan fingerprint density at radius 1 is 0.792 bits per heavy atom. The van der Waals surface area contributed by atoms with Gasteiger partial charge in [-0.3, -0.25) is 0 Å². The van der Waals surface area contributed by atoms with Gasteiger partial charge in [-0.15, -0.1) is 10.5 Å². The normalized spacial score (nSPS) is 11.3. The molecule has 0 N–H and O–H groups in total. The van der Waals surface area contributed by atoms with Crippen molar-refractivity contribution in [2.24, 2.45) is 0 Å². The Labute approximate surface area is 142 Å². The van der Waals surface area contributed by atoms with Crippen molar-refractivity contribution in [3.63, 3.8) is 0 Å². The SMILES string of the molecule is C1=CC1.CC(C)(c1ccccc1OC#N)c1ccccc1OC#N. The summed E-state index contributed by atoms with van der Waals surface area (Å²) in [6, 6.07) is 14.7. The Hall–Kier alpha value is -3.24. The number of para-hydroxylation sites is 2. The minimum absolute atomic E-state index is 0.485. The van der Waals surface area contributed by atoms with Crippen LogP contribution in [0.2, 0.25) is 0 Å². The van der Waals surface area contributed by atoms with E-state index in [1.165, 1.54) is 6.42 Å². The van der Waals surface area contributed by atoms with Crippen molar-refractivity contribution < 1.29 is 9.47 Å². The van der Waals surface area contributed by atoms with Crippen molar-refractivity contribution in [2.45, 2.75) is 25.7 Å². The summed E-state index contributed by atoms with van der Waals surface area (Å²) in [5.74, 6) is 0.994. The van der Waals surface area contributed by atoms with Crippen molar-refractivity contribution in [3.05, 3.63) is 71.8 Å². The van der Waals surface area contributed by atoms with E-state index < -0.39 is 5.41 Å². The van der Waals surface area contributed by atoms with Crippen LogP contribution >= 0.6 is 0 Å². The minimum Gasteiger partial charge on any atom is -0.388 e. The summed E-state index contributed by atoms with van der Waals surface area (Å²) in [6.45, 7) is 3.98. The average Bonchev–Trinajstić information content (AvgIpc) is 3.45. The molecular weight excluding hydrogens is 300 g/mol. The number of nitrogens with zero attached hydrogens (tertiary/aromatic N) is 2. The van der Waals surface area contributed by atoms with Crippen molar-refractivity contribution in [1.82, 2.24) is 0 Å². The zero-order valence-corrected chi connectivity index (χ0v) is 13.7. The van der Waals surface area contributed by atoms with E-state index in [2.05, 4.69) is 12.2 Å². The van der Waals surface area contributed by atoms with E-state index >= 15 is 0 Å². The fourth-order valence-electron chi connectivity index (χ4n) is 2.39. The smallest absolute Gasteiger partial charge is 0.292 e. The fourth-order valence-corrected chi connectivity index (χ4v) is 2.39. The fraction of sp³-hybridized carbons (Fsp3) is 0.200. The molecule has 2 aromatic carbocycles. The van der Waals surface area contributed by atoms with Gasteiger partial charge in [-0.25, -0.2) is 0 Å². The molecule has 2 aromatic rings. The van der Waals surface area contributed by atoms with Crippen molar-refractivity contribution in [2.75, 3.05) is 0 Å². The Balaban J connectivity index is 0.000000623. The molecule has 0 radical (unpaired) electrons. The predicted octanol–water partition coefficient (Wildman–Crippen LogP) is 4.68. The van der Waals surface area contributed by atoms with Crippen LogP contribution in [-0.2, 0) is 5.41 Å². The second-order valence-corrected chi connectivity index (χ2v) is 5.71. The summed E-state index contributed by atoms with van der Waals surface area (Å²) in [7, 11) is 0. The van der Waals surface area contributed by atoms with E-state index in [1.807, 2.05) is 50.2 Å². The van der Waals surface area contributed by atoms with Gasteiger partial charge in [0.05, 0.1) is 0 Å². The first kappa shape index (κ1) is 17.1. The second kappa shape index (κ2) is 7.85. The van der Waals surface area contributed by atoms with Crippen LogP contribution in [-0.4, -0.2) is 0 Å². The number of benzene rings is 2. The van der Waals surface area contributed by atoms with Gasteiger partial charge in [-0.05, 0) is 18.6 Å². The maximum atomic E-state index is 8.78. The third-order valence-corrected chi connectivity index (χ3v) is 3.67. The molecule has 120 valence electrons. The van der Waals surface area contributed by atoms with Gasteiger partial charge in [-0.2, -0.15) is 0 Å². The van der Waals surface area contributed by atoms with Crippen LogP contribution in [0.1, 0.15) is 31.4 Å². The van der Waals surface area contributed by atoms with Crippen molar-refractivity contribution in [3.8, 4) is 24.0 Å². The molecule has 0 aliphatic heterocycles. The van der Waals surface area contributed by atoms with Crippen LogP contribution in [0, 0.1) is 23.0 Å². The van der Waals surface area contributed by atoms with E-state index in [0.29, 0.717) is 11.5 Å². The van der Waals surface area contributed by atoms with Gasteiger partial charge in [0, 0.05) is 16.5 Å². The third-order valence-electron chi connectivity index (χ3n) is 3.67. The Morgan fingerprint density at radius 3 is 1.50 bits per heavy atom. The van der Waals surface area contributed by atoms with Gasteiger partial charge in [0.1, 0.15) is 11.5 Å². The molecule has 4 nitrogen and oxygen atoms in total. The van der Waals surface area contributed by atoms with Crippen LogP contribution in [0.5, 0.6) is 11.5 Å². The average molecular weight is 318 g/mol. The minimum atomic E-state index is -0.485. The summed E-state index contributed by atoms with van der Waals surface area (Å²) in [4.78, 5) is 0. The maximum Gasteiger partial charge on any atom is 0.292 e. The van der Waals surface area contributed by atoms with E-state index in [-0.39, 0.29) is 0 Å². The lowest BCUT2D eigenvalue weighted by atomic mass is 9.77. The maximum absolute atomic E-state index is 8.78. The van der Waals surface area contributed by atoms with Crippen molar-refractivity contribution in [1.29, 1.82) is 10.5 Å². The van der Waals surface area contributed by atoms with E-state index in [4.69, 9.17) is 20.0 Å². The zero-order valence-electron chi connectivity index (χ0n) is 13.7. The first-order valence-electron chi connectivity index (χ1n) is 7.57. The number of allylic oxidation sites excluding steroid dienone is 2. The predicted molar refractivity (Wildman–Crippen MR) is 91.3 cm³/mol. The third kappa shape index (κ3) is 4.15. The van der Waals surface area contributed by atoms with E-state index in [9.17, 15) is 0 Å². The number of ether oxygens (including phenoxy) is 2. The standard InChI is InChI=1S/C17H14N2O2.C3H4/c1-17(2,13-7-3-5-9-15(13)20-11-18)14-8-4-6-10-16(14)21-12-19;1-2-3-1/h3-10H,1-2H3;1-2H,3H2. The summed E-state index contributed by atoms with van der Waals surface area (Å²) in [5, 5.41) is 17.6. The molecule has 0 saturated heterocycles. The Kier molecular flexibility index (Phi) is 5.60. The molecule has 0 saturated carbocycles. The molecule has 0 amide bonds. The van der Waals surface area contributed by atoms with Gasteiger partial charge >= 0.3 is 0 Å². The molecule has 3 rings (SSSR count). The molecule has 4 heteroatoms. The quantitative estimate of drug-likeness (QED) is 0.606. The highest BCUT2D eigenvalue weighted by atomic mass is 16.5. The molecule has 0 aromatic heterocycles. The molecule has 0 fully saturated rings. The topological polar surface area (TPSA) is 66.0 Å². The van der Waals surface area contributed by atoms with Gasteiger partial charge in [0.15, 0.2) is 0 Å². The van der Waals surface area contributed by atoms with Gasteiger partial charge in [-0.1, -0.05) is 62.4 Å². The van der Waals surface area contributed by atoms with Gasteiger partial charge in [0.2, 0.25) is 0 Å². The van der Waals surface area contributed by atoms with Crippen LogP contribution < -0.4 is 9.47 Å². The van der Waals surface area contributed by atoms with Crippen LogP contribution in [0.15, 0.2) is 60.7 Å². The number of hydrogen-bond donors (Lipinski definition) is 0.